The van der Waals surface area contributed by atoms with Crippen molar-refractivity contribution in [3.05, 3.63) is 35.6 Å². The number of amides is 1. The lowest BCUT2D eigenvalue weighted by atomic mass is 10.0. The first-order valence-electron chi connectivity index (χ1n) is 6.34. The molecule has 20 heavy (non-hydrogen) atoms. The highest BCUT2D eigenvalue weighted by Crippen LogP contribution is 2.23. The van der Waals surface area contributed by atoms with E-state index in [0.29, 0.717) is 18.0 Å². The molecule has 0 bridgehead atoms. The van der Waals surface area contributed by atoms with Crippen LogP contribution in [0.15, 0.2) is 24.3 Å². The van der Waals surface area contributed by atoms with Gasteiger partial charge in [0.05, 0.1) is 0 Å². The highest BCUT2D eigenvalue weighted by Gasteiger charge is 2.37. The molecule has 0 aromatic heterocycles. The van der Waals surface area contributed by atoms with Crippen LogP contribution in [-0.2, 0) is 16.0 Å². The van der Waals surface area contributed by atoms with E-state index in [-0.39, 0.29) is 24.7 Å². The average Bonchev–Trinajstić information content (AvgIpc) is 2.77. The molecule has 0 radical (unpaired) electrons. The van der Waals surface area contributed by atoms with Crippen molar-refractivity contribution >= 4 is 23.5 Å². The number of alkyl halides is 1. The van der Waals surface area contributed by atoms with Gasteiger partial charge in [0, 0.05) is 25.3 Å². The van der Waals surface area contributed by atoms with E-state index in [1.165, 1.54) is 23.1 Å². The van der Waals surface area contributed by atoms with Gasteiger partial charge < -0.3 is 10.0 Å². The summed E-state index contributed by atoms with van der Waals surface area (Å²) in [6.45, 7) is 0.342. The number of rotatable bonds is 5. The second kappa shape index (κ2) is 6.22. The van der Waals surface area contributed by atoms with Crippen LogP contribution in [0.3, 0.4) is 0 Å². The molecule has 0 saturated carbocycles. The molecular weight excluding hydrogens is 285 g/mol. The summed E-state index contributed by atoms with van der Waals surface area (Å²) in [6.07, 6.45) is 0.365. The van der Waals surface area contributed by atoms with Crippen molar-refractivity contribution < 1.29 is 19.1 Å². The zero-order chi connectivity index (χ0) is 14.7. The first-order valence-corrected chi connectivity index (χ1v) is 6.87. The zero-order valence-electron chi connectivity index (χ0n) is 10.8. The fourth-order valence-corrected chi connectivity index (χ4v) is 2.64. The average molecular weight is 300 g/mol. The van der Waals surface area contributed by atoms with Gasteiger partial charge in [-0.3, -0.25) is 4.79 Å². The maximum absolute atomic E-state index is 13.1. The molecule has 1 aliphatic heterocycles. The fraction of sp³-hybridized carbons (Fsp3) is 0.429. The molecular formula is C14H15ClFNO3. The Balaban J connectivity index is 2.16. The molecule has 6 heteroatoms. The minimum absolute atomic E-state index is 0.0153. The molecule has 2 atom stereocenters. The normalized spacial score (nSPS) is 20.2. The number of hydrogen-bond donors (Lipinski definition) is 1. The van der Waals surface area contributed by atoms with Gasteiger partial charge >= 0.3 is 5.97 Å². The molecule has 108 valence electrons. The van der Waals surface area contributed by atoms with Crippen LogP contribution in [-0.4, -0.2) is 40.3 Å². The third-order valence-electron chi connectivity index (χ3n) is 3.44. The minimum atomic E-state index is -1.09. The summed E-state index contributed by atoms with van der Waals surface area (Å²) in [6, 6.07) is 4.78. The van der Waals surface area contributed by atoms with E-state index in [2.05, 4.69) is 0 Å². The standard InChI is InChI=1S/C14H15ClFNO3/c15-7-10-6-13(18)17(8-10)12(14(19)20)5-9-2-1-3-11(16)4-9/h1-4,10,12H,5-8H2,(H,19,20)/t10?,12-/m0/s1. The van der Waals surface area contributed by atoms with Crippen molar-refractivity contribution in [1.29, 1.82) is 0 Å². The van der Waals surface area contributed by atoms with Gasteiger partial charge in [0.2, 0.25) is 5.91 Å². The summed E-state index contributed by atoms with van der Waals surface area (Å²) in [4.78, 5) is 24.6. The van der Waals surface area contributed by atoms with Gasteiger partial charge in [0.1, 0.15) is 11.9 Å². The lowest BCUT2D eigenvalue weighted by Gasteiger charge is -2.24. The molecule has 1 heterocycles. The predicted molar refractivity (Wildman–Crippen MR) is 72.1 cm³/mol. The SMILES string of the molecule is O=C(O)[C@H](Cc1cccc(F)c1)N1CC(CCl)CC1=O. The number of likely N-dealkylation sites (tertiary alicyclic amines) is 1. The topological polar surface area (TPSA) is 57.6 Å². The van der Waals surface area contributed by atoms with E-state index in [0.717, 1.165) is 0 Å². The van der Waals surface area contributed by atoms with Crippen molar-refractivity contribution in [2.45, 2.75) is 18.9 Å². The summed E-state index contributed by atoms with van der Waals surface area (Å²) in [5.41, 5.74) is 0.555. The maximum Gasteiger partial charge on any atom is 0.326 e. The Morgan fingerprint density at radius 1 is 1.55 bits per heavy atom. The van der Waals surface area contributed by atoms with Crippen LogP contribution < -0.4 is 0 Å². The number of hydrogen-bond acceptors (Lipinski definition) is 2. The molecule has 4 nitrogen and oxygen atoms in total. The molecule has 1 N–H and O–H groups in total. The fourth-order valence-electron chi connectivity index (χ4n) is 2.43. The van der Waals surface area contributed by atoms with Crippen LogP contribution in [0.5, 0.6) is 0 Å². The van der Waals surface area contributed by atoms with Gasteiger partial charge in [-0.1, -0.05) is 12.1 Å². The first kappa shape index (κ1) is 14.8. The Morgan fingerprint density at radius 2 is 2.30 bits per heavy atom. The van der Waals surface area contributed by atoms with E-state index in [1.54, 1.807) is 6.07 Å². The Labute approximate surface area is 121 Å². The van der Waals surface area contributed by atoms with E-state index < -0.39 is 17.8 Å². The summed E-state index contributed by atoms with van der Waals surface area (Å²) in [5.74, 6) is -1.40. The number of aliphatic carboxylic acids is 1. The first-order chi connectivity index (χ1) is 9.51. The van der Waals surface area contributed by atoms with Crippen LogP contribution in [0.1, 0.15) is 12.0 Å². The molecule has 1 unspecified atom stereocenters. The molecule has 1 aromatic carbocycles. The smallest absolute Gasteiger partial charge is 0.326 e. The number of carboxylic acids is 1. The predicted octanol–water partition coefficient (Wildman–Crippen LogP) is 1.91. The van der Waals surface area contributed by atoms with Crippen molar-refractivity contribution in [3.63, 3.8) is 0 Å². The van der Waals surface area contributed by atoms with Gasteiger partial charge in [0.25, 0.3) is 0 Å². The molecule has 1 fully saturated rings. The molecule has 1 aromatic rings. The highest BCUT2D eigenvalue weighted by atomic mass is 35.5. The third kappa shape index (κ3) is 3.28. The molecule has 0 spiro atoms. The van der Waals surface area contributed by atoms with Crippen molar-refractivity contribution in [2.75, 3.05) is 12.4 Å². The van der Waals surface area contributed by atoms with E-state index in [9.17, 15) is 19.1 Å². The Kier molecular flexibility index (Phi) is 4.60. The van der Waals surface area contributed by atoms with Crippen LogP contribution in [0, 0.1) is 11.7 Å². The number of benzene rings is 1. The number of halogens is 2. The Hall–Kier alpha value is -1.62. The van der Waals surface area contributed by atoms with Crippen molar-refractivity contribution in [2.24, 2.45) is 5.92 Å². The summed E-state index contributed by atoms with van der Waals surface area (Å²) in [7, 11) is 0. The minimum Gasteiger partial charge on any atom is -0.480 e. The number of carbonyl (C=O) groups is 2. The number of nitrogens with zero attached hydrogens (tertiary/aromatic N) is 1. The highest BCUT2D eigenvalue weighted by molar-refractivity contribution is 6.18. The van der Waals surface area contributed by atoms with E-state index in [1.807, 2.05) is 0 Å². The van der Waals surface area contributed by atoms with Gasteiger partial charge in [0.15, 0.2) is 0 Å². The van der Waals surface area contributed by atoms with Crippen LogP contribution in [0.4, 0.5) is 4.39 Å². The largest absolute Gasteiger partial charge is 0.480 e. The van der Waals surface area contributed by atoms with Gasteiger partial charge in [-0.2, -0.15) is 0 Å². The Morgan fingerprint density at radius 3 is 2.85 bits per heavy atom. The summed E-state index contributed by atoms with van der Waals surface area (Å²) >= 11 is 5.73. The van der Waals surface area contributed by atoms with Gasteiger partial charge in [-0.05, 0) is 23.6 Å². The molecule has 0 aliphatic carbocycles. The molecule has 1 amide bonds. The second-order valence-electron chi connectivity index (χ2n) is 4.96. The van der Waals surface area contributed by atoms with E-state index in [4.69, 9.17) is 11.6 Å². The van der Waals surface area contributed by atoms with Crippen molar-refractivity contribution in [1.82, 2.24) is 4.90 Å². The molecule has 1 aliphatic rings. The van der Waals surface area contributed by atoms with Crippen LogP contribution >= 0.6 is 11.6 Å². The van der Waals surface area contributed by atoms with Gasteiger partial charge in [-0.15, -0.1) is 11.6 Å². The number of carboxylic acid groups (broad SMARTS) is 1. The second-order valence-corrected chi connectivity index (χ2v) is 5.27. The van der Waals surface area contributed by atoms with Crippen molar-refractivity contribution in [3.8, 4) is 0 Å². The quantitative estimate of drug-likeness (QED) is 0.845. The zero-order valence-corrected chi connectivity index (χ0v) is 11.5. The third-order valence-corrected chi connectivity index (χ3v) is 3.87. The van der Waals surface area contributed by atoms with E-state index >= 15 is 0 Å². The monoisotopic (exact) mass is 299 g/mol. The Bertz CT molecular complexity index is 523. The van der Waals surface area contributed by atoms with Crippen LogP contribution in [0.2, 0.25) is 0 Å². The molecule has 2 rings (SSSR count). The summed E-state index contributed by atoms with van der Waals surface area (Å²) in [5, 5.41) is 9.32. The lowest BCUT2D eigenvalue weighted by Crippen LogP contribution is -2.43. The lowest BCUT2D eigenvalue weighted by molar-refractivity contribution is -0.148. The van der Waals surface area contributed by atoms with Crippen LogP contribution in [0.25, 0.3) is 0 Å². The molecule has 1 saturated heterocycles. The number of carbonyl (C=O) groups excluding carboxylic acids is 1. The van der Waals surface area contributed by atoms with Gasteiger partial charge in [-0.25, -0.2) is 9.18 Å². The summed E-state index contributed by atoms with van der Waals surface area (Å²) < 4.78 is 13.1. The maximum atomic E-state index is 13.1.